The van der Waals surface area contributed by atoms with Gasteiger partial charge in [0.1, 0.15) is 6.04 Å². The van der Waals surface area contributed by atoms with Crippen LogP contribution in [-0.4, -0.2) is 55.1 Å². The van der Waals surface area contributed by atoms with E-state index in [4.69, 9.17) is 0 Å². The summed E-state index contributed by atoms with van der Waals surface area (Å²) < 4.78 is 26.9. The zero-order valence-electron chi connectivity index (χ0n) is 19.6. The average molecular weight is 460 g/mol. The third-order valence-corrected chi connectivity index (χ3v) is 6.94. The lowest BCUT2D eigenvalue weighted by Gasteiger charge is -2.31. The van der Waals surface area contributed by atoms with Gasteiger partial charge < -0.3 is 10.2 Å². The normalized spacial score (nSPS) is 12.6. The van der Waals surface area contributed by atoms with Crippen LogP contribution < -0.4 is 5.32 Å². The first-order valence-corrected chi connectivity index (χ1v) is 12.0. The molecule has 7 nitrogen and oxygen atoms in total. The van der Waals surface area contributed by atoms with E-state index in [1.807, 2.05) is 52.0 Å². The van der Waals surface area contributed by atoms with Crippen molar-refractivity contribution in [3.05, 3.63) is 65.2 Å². The molecule has 2 aromatic carbocycles. The van der Waals surface area contributed by atoms with Crippen LogP contribution in [0.1, 0.15) is 37.5 Å². The molecule has 0 bridgehead atoms. The van der Waals surface area contributed by atoms with Gasteiger partial charge in [0.2, 0.25) is 21.8 Å². The summed E-state index contributed by atoms with van der Waals surface area (Å²) in [5.41, 5.74) is 2.84. The van der Waals surface area contributed by atoms with Crippen LogP contribution in [0.2, 0.25) is 0 Å². The van der Waals surface area contributed by atoms with Gasteiger partial charge in [-0.15, -0.1) is 0 Å². The zero-order valence-corrected chi connectivity index (χ0v) is 20.4. The Balaban J connectivity index is 2.27. The third-order valence-electron chi connectivity index (χ3n) is 5.12. The predicted molar refractivity (Wildman–Crippen MR) is 125 cm³/mol. The van der Waals surface area contributed by atoms with E-state index in [0.29, 0.717) is 0 Å². The van der Waals surface area contributed by atoms with Crippen LogP contribution in [0.4, 0.5) is 0 Å². The summed E-state index contributed by atoms with van der Waals surface area (Å²) in [7, 11) is -2.47. The van der Waals surface area contributed by atoms with Gasteiger partial charge in [-0.2, -0.15) is 4.31 Å². The molecule has 0 unspecified atom stereocenters. The van der Waals surface area contributed by atoms with E-state index in [1.54, 1.807) is 19.1 Å². The van der Waals surface area contributed by atoms with E-state index in [2.05, 4.69) is 5.32 Å². The second kappa shape index (κ2) is 10.7. The number of likely N-dealkylation sites (N-methyl/N-ethyl adjacent to an activating group) is 1. The fourth-order valence-electron chi connectivity index (χ4n) is 3.25. The Labute approximate surface area is 191 Å². The lowest BCUT2D eigenvalue weighted by atomic mass is 10.1. The van der Waals surface area contributed by atoms with Crippen LogP contribution in [-0.2, 0) is 26.2 Å². The maximum atomic E-state index is 13.2. The number of sulfonamides is 1. The highest BCUT2D eigenvalue weighted by molar-refractivity contribution is 7.89. The number of benzene rings is 2. The molecule has 0 spiro atoms. The van der Waals surface area contributed by atoms with E-state index in [1.165, 1.54) is 24.1 Å². The van der Waals surface area contributed by atoms with Gasteiger partial charge in [0.05, 0.1) is 11.4 Å². The maximum absolute atomic E-state index is 13.2. The highest BCUT2D eigenvalue weighted by Crippen LogP contribution is 2.17. The summed E-state index contributed by atoms with van der Waals surface area (Å²) in [6.45, 7) is 8.99. The smallest absolute Gasteiger partial charge is 0.243 e. The van der Waals surface area contributed by atoms with E-state index < -0.39 is 22.0 Å². The molecule has 0 saturated heterocycles. The average Bonchev–Trinajstić information content (AvgIpc) is 2.71. The van der Waals surface area contributed by atoms with Crippen LogP contribution in [0.5, 0.6) is 0 Å². The number of hydrogen-bond acceptors (Lipinski definition) is 4. The monoisotopic (exact) mass is 459 g/mol. The minimum Gasteiger partial charge on any atom is -0.352 e. The highest BCUT2D eigenvalue weighted by Gasteiger charge is 2.30. The Kier molecular flexibility index (Phi) is 8.58. The molecule has 2 amide bonds. The molecule has 0 radical (unpaired) electrons. The molecule has 2 aromatic rings. The molecular weight excluding hydrogens is 426 g/mol. The minimum atomic E-state index is -3.84. The lowest BCUT2D eigenvalue weighted by molar-refractivity contribution is -0.140. The fraction of sp³-hybridized carbons (Fsp3) is 0.417. The molecule has 1 atom stereocenters. The zero-order chi connectivity index (χ0) is 24.1. The summed E-state index contributed by atoms with van der Waals surface area (Å²) in [5, 5.41) is 2.83. The quantitative estimate of drug-likeness (QED) is 0.625. The molecule has 0 aliphatic heterocycles. The largest absolute Gasteiger partial charge is 0.352 e. The van der Waals surface area contributed by atoms with Gasteiger partial charge in [0.15, 0.2) is 0 Å². The molecular formula is C24H33N3O4S. The van der Waals surface area contributed by atoms with Gasteiger partial charge in [0, 0.05) is 19.6 Å². The van der Waals surface area contributed by atoms with Crippen LogP contribution in [0.25, 0.3) is 0 Å². The molecule has 0 aliphatic carbocycles. The number of rotatable bonds is 9. The molecule has 32 heavy (non-hydrogen) atoms. The SMILES string of the molecule is Cc1ccc(S(=O)(=O)N(C)CC(=O)N(Cc2cccc(C)c2)[C@H](C)C(=O)NC(C)C)cc1. The summed E-state index contributed by atoms with van der Waals surface area (Å²) >= 11 is 0. The minimum absolute atomic E-state index is 0.0783. The number of amides is 2. The molecule has 0 aliphatic rings. The van der Waals surface area contributed by atoms with E-state index in [9.17, 15) is 18.0 Å². The molecule has 0 fully saturated rings. The van der Waals surface area contributed by atoms with Crippen LogP contribution in [0.3, 0.4) is 0 Å². The Bertz CT molecular complexity index is 1050. The summed E-state index contributed by atoms with van der Waals surface area (Å²) in [5.74, 6) is -0.735. The van der Waals surface area contributed by atoms with Crippen molar-refractivity contribution in [3.8, 4) is 0 Å². The van der Waals surface area contributed by atoms with Crippen molar-refractivity contribution < 1.29 is 18.0 Å². The standard InChI is InChI=1S/C24H33N3O4S/c1-17(2)25-24(29)20(5)27(15-21-9-7-8-19(4)14-21)23(28)16-26(6)32(30,31)22-12-10-18(3)11-13-22/h7-14,17,20H,15-16H2,1-6H3,(H,25,29)/t20-/m1/s1. The van der Waals surface area contributed by atoms with E-state index in [0.717, 1.165) is 21.0 Å². The third kappa shape index (κ3) is 6.64. The van der Waals surface area contributed by atoms with Crippen molar-refractivity contribution in [2.24, 2.45) is 0 Å². The Morgan fingerprint density at radius 1 is 0.969 bits per heavy atom. The number of nitrogens with zero attached hydrogens (tertiary/aromatic N) is 2. The van der Waals surface area contributed by atoms with Crippen molar-refractivity contribution in [1.82, 2.24) is 14.5 Å². The van der Waals surface area contributed by atoms with Crippen LogP contribution in [0.15, 0.2) is 53.4 Å². The number of hydrogen-bond donors (Lipinski definition) is 1. The van der Waals surface area contributed by atoms with Crippen molar-refractivity contribution in [2.75, 3.05) is 13.6 Å². The topological polar surface area (TPSA) is 86.8 Å². The summed E-state index contributed by atoms with van der Waals surface area (Å²) in [6.07, 6.45) is 0. The first kappa shape index (κ1) is 25.5. The van der Waals surface area contributed by atoms with Crippen LogP contribution >= 0.6 is 0 Å². The van der Waals surface area contributed by atoms with Gasteiger partial charge in [-0.25, -0.2) is 8.42 Å². The van der Waals surface area contributed by atoms with Crippen molar-refractivity contribution in [3.63, 3.8) is 0 Å². The molecule has 0 aromatic heterocycles. The van der Waals surface area contributed by atoms with Gasteiger partial charge in [-0.1, -0.05) is 47.5 Å². The van der Waals surface area contributed by atoms with E-state index in [-0.39, 0.29) is 29.9 Å². The Hall–Kier alpha value is -2.71. The molecule has 0 saturated carbocycles. The van der Waals surface area contributed by atoms with Gasteiger partial charge >= 0.3 is 0 Å². The number of nitrogens with one attached hydrogen (secondary N) is 1. The van der Waals surface area contributed by atoms with Gasteiger partial charge in [-0.3, -0.25) is 9.59 Å². The first-order chi connectivity index (χ1) is 14.9. The maximum Gasteiger partial charge on any atom is 0.243 e. The molecule has 174 valence electrons. The molecule has 2 rings (SSSR count). The lowest BCUT2D eigenvalue weighted by Crippen LogP contribution is -2.51. The first-order valence-electron chi connectivity index (χ1n) is 10.6. The van der Waals surface area contributed by atoms with Gasteiger partial charge in [0.25, 0.3) is 0 Å². The fourth-order valence-corrected chi connectivity index (χ4v) is 4.37. The van der Waals surface area contributed by atoms with Gasteiger partial charge in [-0.05, 0) is 52.3 Å². The van der Waals surface area contributed by atoms with Crippen molar-refractivity contribution >= 4 is 21.8 Å². The van der Waals surface area contributed by atoms with E-state index >= 15 is 0 Å². The van der Waals surface area contributed by atoms with Crippen molar-refractivity contribution in [1.29, 1.82) is 0 Å². The Morgan fingerprint density at radius 2 is 1.59 bits per heavy atom. The molecule has 1 N–H and O–H groups in total. The second-order valence-electron chi connectivity index (χ2n) is 8.42. The summed E-state index contributed by atoms with van der Waals surface area (Å²) in [6, 6.07) is 13.3. The molecule has 0 heterocycles. The van der Waals surface area contributed by atoms with Crippen LogP contribution in [0, 0.1) is 13.8 Å². The number of carbonyl (C=O) groups excluding carboxylic acids is 2. The molecule has 8 heteroatoms. The predicted octanol–water partition coefficient (Wildman–Crippen LogP) is 2.87. The number of carbonyl (C=O) groups is 2. The number of aryl methyl sites for hydroxylation is 2. The second-order valence-corrected chi connectivity index (χ2v) is 10.5. The Morgan fingerprint density at radius 3 is 2.16 bits per heavy atom. The summed E-state index contributed by atoms with van der Waals surface area (Å²) in [4.78, 5) is 27.4. The van der Waals surface area contributed by atoms with Crippen molar-refractivity contribution in [2.45, 2.75) is 58.1 Å². The highest BCUT2D eigenvalue weighted by atomic mass is 32.2.